The molecule has 0 bridgehead atoms. The molecule has 0 radical (unpaired) electrons. The quantitative estimate of drug-likeness (QED) is 0.463. The van der Waals surface area contributed by atoms with Crippen molar-refractivity contribution >= 4 is 0 Å². The van der Waals surface area contributed by atoms with Gasteiger partial charge >= 0.3 is 0 Å². The summed E-state index contributed by atoms with van der Waals surface area (Å²) >= 11 is 0. The lowest BCUT2D eigenvalue weighted by molar-refractivity contribution is 0.371. The van der Waals surface area contributed by atoms with Gasteiger partial charge in [0.15, 0.2) is 0 Å². The second-order valence-electron chi connectivity index (χ2n) is 4.50. The Morgan fingerprint density at radius 3 is 3.09 bits per heavy atom. The lowest BCUT2D eigenvalue weighted by atomic mass is 9.89. The fourth-order valence-electron chi connectivity index (χ4n) is 3.59. The van der Waals surface area contributed by atoms with Crippen LogP contribution in [0.25, 0.3) is 0 Å². The summed E-state index contributed by atoms with van der Waals surface area (Å²) in [6.45, 7) is 0. The van der Waals surface area contributed by atoms with Crippen LogP contribution in [0.4, 0.5) is 0 Å². The Kier molecular flexibility index (Phi) is 1.21. The Morgan fingerprint density at radius 1 is 1.09 bits per heavy atom. The first-order chi connectivity index (χ1) is 5.45. The highest BCUT2D eigenvalue weighted by Crippen LogP contribution is 2.52. The third-order valence-corrected chi connectivity index (χ3v) is 4.03. The maximum Gasteiger partial charge on any atom is -0.0169 e. The molecule has 3 atom stereocenters. The lowest BCUT2D eigenvalue weighted by Crippen LogP contribution is -2.08. The van der Waals surface area contributed by atoms with Crippen LogP contribution in [0, 0.1) is 17.8 Å². The van der Waals surface area contributed by atoms with Crippen LogP contribution >= 0.6 is 0 Å². The third-order valence-electron chi connectivity index (χ3n) is 4.03. The Hall–Kier alpha value is -0.260. The zero-order valence-electron chi connectivity index (χ0n) is 7.05. The van der Waals surface area contributed by atoms with Crippen LogP contribution in [0.2, 0.25) is 0 Å². The minimum Gasteiger partial charge on any atom is -0.0816 e. The van der Waals surface area contributed by atoms with E-state index in [0.29, 0.717) is 0 Å². The maximum absolute atomic E-state index is 2.63. The number of allylic oxidation sites excluding steroid dienone is 2. The highest BCUT2D eigenvalue weighted by atomic mass is 14.5. The first kappa shape index (κ1) is 6.28. The van der Waals surface area contributed by atoms with E-state index in [4.69, 9.17) is 0 Å². The van der Waals surface area contributed by atoms with Crippen molar-refractivity contribution in [3.05, 3.63) is 11.6 Å². The van der Waals surface area contributed by atoms with Crippen molar-refractivity contribution in [3.63, 3.8) is 0 Å². The van der Waals surface area contributed by atoms with Crippen molar-refractivity contribution in [1.29, 1.82) is 0 Å². The van der Waals surface area contributed by atoms with Gasteiger partial charge in [-0.2, -0.15) is 0 Å². The van der Waals surface area contributed by atoms with Gasteiger partial charge in [-0.1, -0.05) is 18.1 Å². The largest absolute Gasteiger partial charge is 0.0816 e. The molecule has 0 nitrogen and oxygen atoms in total. The molecule has 3 rings (SSSR count). The predicted octanol–water partition coefficient (Wildman–Crippen LogP) is 3.14. The fraction of sp³-hybridized carbons (Fsp3) is 0.818. The summed E-state index contributed by atoms with van der Waals surface area (Å²) < 4.78 is 0. The van der Waals surface area contributed by atoms with E-state index in [1.807, 2.05) is 5.57 Å². The van der Waals surface area contributed by atoms with Crippen molar-refractivity contribution in [2.75, 3.05) is 0 Å². The summed E-state index contributed by atoms with van der Waals surface area (Å²) in [6, 6.07) is 0. The summed E-state index contributed by atoms with van der Waals surface area (Å²) in [5.41, 5.74) is 1.85. The van der Waals surface area contributed by atoms with Gasteiger partial charge in [-0.25, -0.2) is 0 Å². The third kappa shape index (κ3) is 0.758. The van der Waals surface area contributed by atoms with Gasteiger partial charge in [-0.3, -0.25) is 0 Å². The topological polar surface area (TPSA) is 0 Å². The molecule has 2 fully saturated rings. The van der Waals surface area contributed by atoms with Crippen molar-refractivity contribution in [2.24, 2.45) is 17.8 Å². The second-order valence-corrected chi connectivity index (χ2v) is 4.50. The van der Waals surface area contributed by atoms with Crippen LogP contribution in [-0.2, 0) is 0 Å². The van der Waals surface area contributed by atoms with Crippen LogP contribution < -0.4 is 0 Å². The Labute approximate surface area is 68.7 Å². The molecule has 0 N–H and O–H groups in total. The molecule has 0 aliphatic heterocycles. The van der Waals surface area contributed by atoms with Crippen molar-refractivity contribution in [2.45, 2.75) is 38.5 Å². The average molecular weight is 148 g/mol. The molecule has 2 saturated carbocycles. The summed E-state index contributed by atoms with van der Waals surface area (Å²) in [5.74, 6) is 3.19. The number of hydrogen-bond donors (Lipinski definition) is 0. The predicted molar refractivity (Wildman–Crippen MR) is 46.3 cm³/mol. The van der Waals surface area contributed by atoms with E-state index in [1.54, 1.807) is 0 Å². The van der Waals surface area contributed by atoms with Gasteiger partial charge in [0.2, 0.25) is 0 Å². The number of fused-ring (bicyclic) bond motifs is 3. The standard InChI is InChI=1S/C11H16/c1-3-8-7-9-4-2-6-11(9)10(8)5-1/h7-8,10-11H,1-6H2. The highest BCUT2D eigenvalue weighted by molar-refractivity contribution is 5.22. The molecule has 0 aromatic rings. The van der Waals surface area contributed by atoms with Crippen molar-refractivity contribution < 1.29 is 0 Å². The van der Waals surface area contributed by atoms with Gasteiger partial charge in [0.25, 0.3) is 0 Å². The van der Waals surface area contributed by atoms with Gasteiger partial charge in [-0.15, -0.1) is 0 Å². The Bertz CT molecular complexity index is 202. The van der Waals surface area contributed by atoms with Crippen LogP contribution in [0.3, 0.4) is 0 Å². The first-order valence-corrected chi connectivity index (χ1v) is 5.16. The maximum atomic E-state index is 2.63. The van der Waals surface area contributed by atoms with E-state index >= 15 is 0 Å². The minimum absolute atomic E-state index is 1.02. The van der Waals surface area contributed by atoms with Crippen molar-refractivity contribution in [3.8, 4) is 0 Å². The van der Waals surface area contributed by atoms with Gasteiger partial charge in [0.1, 0.15) is 0 Å². The minimum atomic E-state index is 1.02. The summed E-state index contributed by atoms with van der Waals surface area (Å²) in [5, 5.41) is 0. The van der Waals surface area contributed by atoms with Crippen LogP contribution in [0.5, 0.6) is 0 Å². The van der Waals surface area contributed by atoms with Gasteiger partial charge < -0.3 is 0 Å². The molecule has 0 saturated heterocycles. The molecule has 0 heterocycles. The van der Waals surface area contributed by atoms with Gasteiger partial charge in [0.05, 0.1) is 0 Å². The van der Waals surface area contributed by atoms with Crippen molar-refractivity contribution in [1.82, 2.24) is 0 Å². The lowest BCUT2D eigenvalue weighted by Gasteiger charge is -2.15. The van der Waals surface area contributed by atoms with Crippen LogP contribution in [0.15, 0.2) is 11.6 Å². The summed E-state index contributed by atoms with van der Waals surface area (Å²) in [7, 11) is 0. The van der Waals surface area contributed by atoms with E-state index < -0.39 is 0 Å². The molecule has 0 amide bonds. The zero-order chi connectivity index (χ0) is 7.26. The molecule has 0 aromatic carbocycles. The smallest absolute Gasteiger partial charge is 0.0169 e. The van der Waals surface area contributed by atoms with E-state index in [-0.39, 0.29) is 0 Å². The van der Waals surface area contributed by atoms with E-state index in [9.17, 15) is 0 Å². The van der Waals surface area contributed by atoms with Gasteiger partial charge in [-0.05, 0) is 49.9 Å². The molecule has 11 heavy (non-hydrogen) atoms. The SMILES string of the molecule is C1=C2CCCC2C2CCCC12. The van der Waals surface area contributed by atoms with E-state index in [1.165, 1.54) is 38.5 Å². The monoisotopic (exact) mass is 148 g/mol. The fourth-order valence-corrected chi connectivity index (χ4v) is 3.59. The van der Waals surface area contributed by atoms with Crippen LogP contribution in [-0.4, -0.2) is 0 Å². The Morgan fingerprint density at radius 2 is 2.09 bits per heavy atom. The highest BCUT2D eigenvalue weighted by Gasteiger charge is 2.41. The molecule has 0 heteroatoms. The molecule has 0 aromatic heterocycles. The summed E-state index contributed by atoms with van der Waals surface area (Å²) in [4.78, 5) is 0. The number of hydrogen-bond acceptors (Lipinski definition) is 0. The van der Waals surface area contributed by atoms with E-state index in [0.717, 1.165) is 17.8 Å². The molecule has 60 valence electrons. The molecule has 3 aliphatic carbocycles. The molecule has 0 spiro atoms. The Balaban J connectivity index is 1.93. The second kappa shape index (κ2) is 2.12. The van der Waals surface area contributed by atoms with Gasteiger partial charge in [0, 0.05) is 0 Å². The molecule has 3 unspecified atom stereocenters. The zero-order valence-corrected chi connectivity index (χ0v) is 7.05. The average Bonchev–Trinajstić information content (AvgIpc) is 2.52. The summed E-state index contributed by atoms with van der Waals surface area (Å²) in [6.07, 6.45) is 11.6. The number of rotatable bonds is 0. The molecular formula is C11H16. The first-order valence-electron chi connectivity index (χ1n) is 5.16. The van der Waals surface area contributed by atoms with Crippen LogP contribution in [0.1, 0.15) is 38.5 Å². The normalized spacial score (nSPS) is 47.3. The molecule has 3 aliphatic rings. The van der Waals surface area contributed by atoms with E-state index in [2.05, 4.69) is 6.08 Å². The molecular weight excluding hydrogens is 132 g/mol.